The summed E-state index contributed by atoms with van der Waals surface area (Å²) >= 11 is 0. The van der Waals surface area contributed by atoms with Crippen LogP contribution in [0.15, 0.2) is 42.6 Å². The molecule has 0 radical (unpaired) electrons. The highest BCUT2D eigenvalue weighted by molar-refractivity contribution is 5.92. The Morgan fingerprint density at radius 1 is 1.17 bits per heavy atom. The van der Waals surface area contributed by atoms with Gasteiger partial charge >= 0.3 is 0 Å². The van der Waals surface area contributed by atoms with Gasteiger partial charge in [-0.25, -0.2) is 0 Å². The predicted molar refractivity (Wildman–Crippen MR) is 117 cm³/mol. The number of amides is 1. The van der Waals surface area contributed by atoms with Crippen molar-refractivity contribution in [1.82, 2.24) is 14.4 Å². The highest BCUT2D eigenvalue weighted by atomic mass is 16.5. The lowest BCUT2D eigenvalue weighted by atomic mass is 9.95. The smallest absolute Gasteiger partial charge is 0.270 e. The second-order valence-corrected chi connectivity index (χ2v) is 8.64. The molecule has 2 aromatic rings. The molecule has 0 atom stereocenters. The molecule has 1 aliphatic heterocycles. The van der Waals surface area contributed by atoms with Gasteiger partial charge in [-0.2, -0.15) is 0 Å². The van der Waals surface area contributed by atoms with E-state index in [1.807, 2.05) is 42.1 Å². The molecule has 158 valence electrons. The summed E-state index contributed by atoms with van der Waals surface area (Å²) in [6.07, 6.45) is 4.20. The molecule has 1 aliphatic rings. The lowest BCUT2D eigenvalue weighted by Gasteiger charge is -2.35. The van der Waals surface area contributed by atoms with Crippen molar-refractivity contribution in [3.8, 4) is 5.75 Å². The van der Waals surface area contributed by atoms with E-state index >= 15 is 0 Å². The van der Waals surface area contributed by atoms with Gasteiger partial charge in [0.2, 0.25) is 0 Å². The topological polar surface area (TPSA) is 37.7 Å². The molecule has 0 bridgehead atoms. The number of hydrogen-bond donors (Lipinski definition) is 0. The molecule has 0 spiro atoms. The number of hydrogen-bond acceptors (Lipinski definition) is 3. The molecule has 1 saturated heterocycles. The lowest BCUT2D eigenvalue weighted by Crippen LogP contribution is -2.42. The average Bonchev–Trinajstić information content (AvgIpc) is 3.14. The molecule has 0 unspecified atom stereocenters. The highest BCUT2D eigenvalue weighted by Gasteiger charge is 2.26. The van der Waals surface area contributed by atoms with Crippen molar-refractivity contribution in [2.24, 2.45) is 18.9 Å². The van der Waals surface area contributed by atoms with E-state index in [2.05, 4.69) is 35.8 Å². The fraction of sp³-hybridized carbons (Fsp3) is 0.542. The SMILES string of the molecule is COc1ccccc1CN1CCC(CN(CC(C)C)C(=O)c2cccn2C)CC1. The molecule has 1 fully saturated rings. The van der Waals surface area contributed by atoms with Crippen molar-refractivity contribution in [2.45, 2.75) is 33.2 Å². The Bertz CT molecular complexity index is 791. The van der Waals surface area contributed by atoms with Gasteiger partial charge < -0.3 is 14.2 Å². The van der Waals surface area contributed by atoms with Gasteiger partial charge in [0.15, 0.2) is 0 Å². The molecule has 0 aliphatic carbocycles. The molecule has 0 N–H and O–H groups in total. The first-order valence-corrected chi connectivity index (χ1v) is 10.7. The fourth-order valence-electron chi connectivity index (χ4n) is 4.24. The molecule has 1 aromatic heterocycles. The van der Waals surface area contributed by atoms with Crippen LogP contribution >= 0.6 is 0 Å². The third kappa shape index (κ3) is 5.63. The zero-order valence-corrected chi connectivity index (χ0v) is 18.3. The Morgan fingerprint density at radius 3 is 2.52 bits per heavy atom. The zero-order valence-electron chi connectivity index (χ0n) is 18.3. The van der Waals surface area contributed by atoms with Crippen molar-refractivity contribution in [1.29, 1.82) is 0 Å². The van der Waals surface area contributed by atoms with Gasteiger partial charge in [0.05, 0.1) is 7.11 Å². The maximum atomic E-state index is 13.1. The number of piperidine rings is 1. The second kappa shape index (κ2) is 9.97. The molecule has 29 heavy (non-hydrogen) atoms. The van der Waals surface area contributed by atoms with E-state index < -0.39 is 0 Å². The molecule has 1 amide bonds. The van der Waals surface area contributed by atoms with Gasteiger partial charge in [0.25, 0.3) is 5.91 Å². The quantitative estimate of drug-likeness (QED) is 0.675. The van der Waals surface area contributed by atoms with E-state index in [4.69, 9.17) is 4.74 Å². The van der Waals surface area contributed by atoms with Crippen LogP contribution in [0.4, 0.5) is 0 Å². The van der Waals surface area contributed by atoms with Crippen LogP contribution in [0.5, 0.6) is 5.75 Å². The summed E-state index contributed by atoms with van der Waals surface area (Å²) in [6, 6.07) is 12.1. The van der Waals surface area contributed by atoms with Crippen LogP contribution in [0, 0.1) is 11.8 Å². The van der Waals surface area contributed by atoms with Crippen molar-refractivity contribution < 1.29 is 9.53 Å². The molecule has 5 heteroatoms. The number of aromatic nitrogens is 1. The zero-order chi connectivity index (χ0) is 20.8. The Labute approximate surface area is 175 Å². The van der Waals surface area contributed by atoms with Crippen molar-refractivity contribution >= 4 is 5.91 Å². The Hall–Kier alpha value is -2.27. The van der Waals surface area contributed by atoms with Crippen LogP contribution in [-0.2, 0) is 13.6 Å². The van der Waals surface area contributed by atoms with Crippen LogP contribution < -0.4 is 4.74 Å². The van der Waals surface area contributed by atoms with Crippen LogP contribution in [-0.4, -0.2) is 53.6 Å². The highest BCUT2D eigenvalue weighted by Crippen LogP contribution is 2.24. The van der Waals surface area contributed by atoms with Gasteiger partial charge in [-0.05, 0) is 56.0 Å². The molecular formula is C24H35N3O2. The molecule has 2 heterocycles. The second-order valence-electron chi connectivity index (χ2n) is 8.64. The summed E-state index contributed by atoms with van der Waals surface area (Å²) in [4.78, 5) is 17.7. The maximum Gasteiger partial charge on any atom is 0.270 e. The number of carbonyl (C=O) groups is 1. The summed E-state index contributed by atoms with van der Waals surface area (Å²) in [7, 11) is 3.68. The van der Waals surface area contributed by atoms with Crippen LogP contribution in [0.2, 0.25) is 0 Å². The summed E-state index contributed by atoms with van der Waals surface area (Å²) < 4.78 is 7.42. The summed E-state index contributed by atoms with van der Waals surface area (Å²) in [5.74, 6) is 2.14. The molecular weight excluding hydrogens is 362 g/mol. The Kier molecular flexibility index (Phi) is 7.37. The first kappa shape index (κ1) is 21.4. The maximum absolute atomic E-state index is 13.1. The van der Waals surface area contributed by atoms with E-state index in [1.54, 1.807) is 7.11 Å². The van der Waals surface area contributed by atoms with E-state index in [9.17, 15) is 4.79 Å². The third-order valence-electron chi connectivity index (χ3n) is 5.81. The minimum atomic E-state index is 0.155. The van der Waals surface area contributed by atoms with Crippen LogP contribution in [0.25, 0.3) is 0 Å². The number of likely N-dealkylation sites (tertiary alicyclic amines) is 1. The number of benzene rings is 1. The van der Waals surface area contributed by atoms with Crippen LogP contribution in [0.1, 0.15) is 42.7 Å². The lowest BCUT2D eigenvalue weighted by molar-refractivity contribution is 0.0654. The van der Waals surface area contributed by atoms with E-state index in [-0.39, 0.29) is 5.91 Å². The number of ether oxygens (including phenoxy) is 1. The molecule has 0 saturated carbocycles. The Balaban J connectivity index is 1.57. The van der Waals surface area contributed by atoms with Gasteiger partial charge in [-0.1, -0.05) is 32.0 Å². The van der Waals surface area contributed by atoms with Crippen molar-refractivity contribution in [2.75, 3.05) is 33.3 Å². The largest absolute Gasteiger partial charge is 0.496 e. The third-order valence-corrected chi connectivity index (χ3v) is 5.81. The molecule has 5 nitrogen and oxygen atoms in total. The first-order valence-electron chi connectivity index (χ1n) is 10.7. The van der Waals surface area contributed by atoms with Gasteiger partial charge in [-0.3, -0.25) is 9.69 Å². The van der Waals surface area contributed by atoms with Gasteiger partial charge in [-0.15, -0.1) is 0 Å². The number of carbonyl (C=O) groups excluding carboxylic acids is 1. The number of rotatable bonds is 8. The summed E-state index contributed by atoms with van der Waals surface area (Å²) in [5, 5.41) is 0. The van der Waals surface area contributed by atoms with Crippen LogP contribution in [0.3, 0.4) is 0 Å². The average molecular weight is 398 g/mol. The first-order chi connectivity index (χ1) is 14.0. The number of aryl methyl sites for hydroxylation is 1. The Morgan fingerprint density at radius 2 is 1.90 bits per heavy atom. The number of para-hydroxylation sites is 1. The number of methoxy groups -OCH3 is 1. The standard InChI is InChI=1S/C24H35N3O2/c1-19(2)16-27(24(28)22-9-7-13-25(22)3)17-20-11-14-26(15-12-20)18-21-8-5-6-10-23(21)29-4/h5-10,13,19-20H,11-12,14-18H2,1-4H3. The monoisotopic (exact) mass is 397 g/mol. The number of nitrogens with zero attached hydrogens (tertiary/aromatic N) is 3. The van der Waals surface area contributed by atoms with E-state index in [1.165, 1.54) is 5.56 Å². The van der Waals surface area contributed by atoms with Crippen molar-refractivity contribution in [3.05, 3.63) is 53.9 Å². The van der Waals surface area contributed by atoms with Gasteiger partial charge in [0, 0.05) is 38.4 Å². The minimum Gasteiger partial charge on any atom is -0.496 e. The molecule has 1 aromatic carbocycles. The minimum absolute atomic E-state index is 0.155. The summed E-state index contributed by atoms with van der Waals surface area (Å²) in [6.45, 7) is 9.08. The van der Waals surface area contributed by atoms with E-state index in [0.717, 1.165) is 57.0 Å². The van der Waals surface area contributed by atoms with Gasteiger partial charge in [0.1, 0.15) is 11.4 Å². The summed E-state index contributed by atoms with van der Waals surface area (Å²) in [5.41, 5.74) is 2.02. The van der Waals surface area contributed by atoms with Crippen molar-refractivity contribution in [3.63, 3.8) is 0 Å². The normalized spacial score (nSPS) is 15.6. The fourth-order valence-corrected chi connectivity index (χ4v) is 4.24. The molecule has 3 rings (SSSR count). The van der Waals surface area contributed by atoms with E-state index in [0.29, 0.717) is 11.8 Å². The predicted octanol–water partition coefficient (Wildman–Crippen LogP) is 4.04.